The molecule has 0 heterocycles. The fraction of sp³-hybridized carbons (Fsp3) is 1.00. The molecule has 16 heavy (non-hydrogen) atoms. The van der Waals surface area contributed by atoms with Gasteiger partial charge in [0.15, 0.2) is 0 Å². The lowest BCUT2D eigenvalue weighted by molar-refractivity contribution is 0.139. The molecule has 0 aliphatic heterocycles. The standard InChI is InChI=1S/C15H29N/c1-12(2)13-5-7-14(8-6-13)16-11-15(3)9-4-10-15/h12-14,16H,4-11H2,1-3H3. The molecule has 2 rings (SSSR count). The van der Waals surface area contributed by atoms with Crippen LogP contribution in [0.5, 0.6) is 0 Å². The highest BCUT2D eigenvalue weighted by Gasteiger charge is 2.32. The van der Waals surface area contributed by atoms with E-state index in [0.29, 0.717) is 5.41 Å². The minimum absolute atomic E-state index is 0.648. The largest absolute Gasteiger partial charge is 0.313 e. The SMILES string of the molecule is CC(C)C1CCC(NCC2(C)CCC2)CC1. The van der Waals surface area contributed by atoms with Crippen molar-refractivity contribution < 1.29 is 0 Å². The zero-order valence-electron chi connectivity index (χ0n) is 11.4. The van der Waals surface area contributed by atoms with Gasteiger partial charge in [-0.2, -0.15) is 0 Å². The molecule has 1 N–H and O–H groups in total. The Bertz CT molecular complexity index is 209. The first-order valence-corrected chi connectivity index (χ1v) is 7.32. The van der Waals surface area contributed by atoms with E-state index in [9.17, 15) is 0 Å². The van der Waals surface area contributed by atoms with Crippen molar-refractivity contribution in [1.82, 2.24) is 5.32 Å². The maximum atomic E-state index is 3.82. The summed E-state index contributed by atoms with van der Waals surface area (Å²) in [6, 6.07) is 0.826. The molecular formula is C15H29N. The van der Waals surface area contributed by atoms with Crippen LogP contribution in [-0.2, 0) is 0 Å². The van der Waals surface area contributed by atoms with Gasteiger partial charge >= 0.3 is 0 Å². The van der Waals surface area contributed by atoms with E-state index in [1.54, 1.807) is 0 Å². The van der Waals surface area contributed by atoms with Gasteiger partial charge in [-0.1, -0.05) is 27.2 Å². The normalized spacial score (nSPS) is 33.8. The lowest BCUT2D eigenvalue weighted by atomic mass is 9.70. The third kappa shape index (κ3) is 3.00. The van der Waals surface area contributed by atoms with Crippen molar-refractivity contribution in [3.63, 3.8) is 0 Å². The minimum Gasteiger partial charge on any atom is -0.313 e. The highest BCUT2D eigenvalue weighted by atomic mass is 14.9. The van der Waals surface area contributed by atoms with Crippen LogP contribution >= 0.6 is 0 Å². The first-order chi connectivity index (χ1) is 7.59. The number of nitrogens with one attached hydrogen (secondary N) is 1. The van der Waals surface area contributed by atoms with Crippen LogP contribution in [-0.4, -0.2) is 12.6 Å². The van der Waals surface area contributed by atoms with E-state index in [1.807, 2.05) is 0 Å². The van der Waals surface area contributed by atoms with Gasteiger partial charge in [-0.25, -0.2) is 0 Å². The van der Waals surface area contributed by atoms with Gasteiger partial charge in [-0.3, -0.25) is 0 Å². The molecule has 94 valence electrons. The Morgan fingerprint density at radius 2 is 1.75 bits per heavy atom. The summed E-state index contributed by atoms with van der Waals surface area (Å²) in [5.74, 6) is 1.89. The van der Waals surface area contributed by atoms with Crippen LogP contribution in [0.1, 0.15) is 65.7 Å². The van der Waals surface area contributed by atoms with E-state index >= 15 is 0 Å². The molecule has 2 aliphatic rings. The van der Waals surface area contributed by atoms with Gasteiger partial charge in [0.1, 0.15) is 0 Å². The second kappa shape index (κ2) is 5.08. The molecule has 0 bridgehead atoms. The predicted octanol–water partition coefficient (Wildman–Crippen LogP) is 3.98. The molecule has 0 spiro atoms. The summed E-state index contributed by atoms with van der Waals surface area (Å²) in [6.45, 7) is 8.48. The van der Waals surface area contributed by atoms with Crippen molar-refractivity contribution in [3.8, 4) is 0 Å². The van der Waals surface area contributed by atoms with Crippen molar-refractivity contribution in [2.75, 3.05) is 6.54 Å². The Morgan fingerprint density at radius 3 is 2.19 bits per heavy atom. The molecule has 0 saturated heterocycles. The van der Waals surface area contributed by atoms with Gasteiger partial charge < -0.3 is 5.32 Å². The van der Waals surface area contributed by atoms with Crippen LogP contribution in [0.4, 0.5) is 0 Å². The van der Waals surface area contributed by atoms with E-state index in [1.165, 1.54) is 51.5 Å². The van der Waals surface area contributed by atoms with Crippen molar-refractivity contribution >= 4 is 0 Å². The molecule has 0 amide bonds. The Kier molecular flexibility index (Phi) is 3.94. The summed E-state index contributed by atoms with van der Waals surface area (Å²) in [7, 11) is 0. The van der Waals surface area contributed by atoms with E-state index in [-0.39, 0.29) is 0 Å². The topological polar surface area (TPSA) is 12.0 Å². The molecule has 1 heteroatoms. The maximum absolute atomic E-state index is 3.82. The zero-order valence-corrected chi connectivity index (χ0v) is 11.4. The highest BCUT2D eigenvalue weighted by molar-refractivity contribution is 4.87. The van der Waals surface area contributed by atoms with Crippen LogP contribution in [0.2, 0.25) is 0 Å². The first kappa shape index (κ1) is 12.4. The van der Waals surface area contributed by atoms with Crippen molar-refractivity contribution in [3.05, 3.63) is 0 Å². The molecular weight excluding hydrogens is 194 g/mol. The average Bonchev–Trinajstić information content (AvgIpc) is 2.24. The maximum Gasteiger partial charge on any atom is 0.00675 e. The summed E-state index contributed by atoms with van der Waals surface area (Å²) < 4.78 is 0. The smallest absolute Gasteiger partial charge is 0.00675 e. The first-order valence-electron chi connectivity index (χ1n) is 7.32. The van der Waals surface area contributed by atoms with Gasteiger partial charge in [0.05, 0.1) is 0 Å². The number of rotatable bonds is 4. The van der Waals surface area contributed by atoms with E-state index in [0.717, 1.165) is 17.9 Å². The Labute approximate surface area is 101 Å². The predicted molar refractivity (Wildman–Crippen MR) is 70.5 cm³/mol. The summed E-state index contributed by atoms with van der Waals surface area (Å²) >= 11 is 0. The lowest BCUT2D eigenvalue weighted by Gasteiger charge is -2.41. The quantitative estimate of drug-likeness (QED) is 0.760. The third-order valence-electron chi connectivity index (χ3n) is 5.09. The van der Waals surface area contributed by atoms with Crippen LogP contribution < -0.4 is 5.32 Å². The zero-order chi connectivity index (χ0) is 11.6. The molecule has 0 atom stereocenters. The monoisotopic (exact) mass is 223 g/mol. The fourth-order valence-corrected chi connectivity index (χ4v) is 3.34. The Hall–Kier alpha value is -0.0400. The van der Waals surface area contributed by atoms with Crippen LogP contribution in [0, 0.1) is 17.3 Å². The summed E-state index contributed by atoms with van der Waals surface area (Å²) in [5.41, 5.74) is 0.648. The summed E-state index contributed by atoms with van der Waals surface area (Å²) in [6.07, 6.45) is 10.1. The molecule has 2 fully saturated rings. The Morgan fingerprint density at radius 1 is 1.12 bits per heavy atom. The fourth-order valence-electron chi connectivity index (χ4n) is 3.34. The average molecular weight is 223 g/mol. The highest BCUT2D eigenvalue weighted by Crippen LogP contribution is 2.40. The van der Waals surface area contributed by atoms with Gasteiger partial charge in [0.2, 0.25) is 0 Å². The van der Waals surface area contributed by atoms with Gasteiger partial charge in [-0.15, -0.1) is 0 Å². The van der Waals surface area contributed by atoms with Crippen LogP contribution in [0.25, 0.3) is 0 Å². The summed E-state index contributed by atoms with van der Waals surface area (Å²) in [5, 5.41) is 3.82. The molecule has 0 unspecified atom stereocenters. The van der Waals surface area contributed by atoms with Crippen molar-refractivity contribution in [1.29, 1.82) is 0 Å². The molecule has 0 aromatic heterocycles. The van der Waals surface area contributed by atoms with Gasteiger partial charge in [-0.05, 0) is 55.8 Å². The second-order valence-corrected chi connectivity index (χ2v) is 6.90. The lowest BCUT2D eigenvalue weighted by Crippen LogP contribution is -2.43. The molecule has 0 aromatic rings. The second-order valence-electron chi connectivity index (χ2n) is 6.90. The van der Waals surface area contributed by atoms with Crippen molar-refractivity contribution in [2.24, 2.45) is 17.3 Å². The molecule has 0 aromatic carbocycles. The molecule has 2 aliphatic carbocycles. The Balaban J connectivity index is 1.65. The number of hydrogen-bond acceptors (Lipinski definition) is 1. The van der Waals surface area contributed by atoms with Gasteiger partial charge in [0.25, 0.3) is 0 Å². The van der Waals surface area contributed by atoms with E-state index < -0.39 is 0 Å². The molecule has 1 nitrogen and oxygen atoms in total. The van der Waals surface area contributed by atoms with E-state index in [4.69, 9.17) is 0 Å². The molecule has 0 radical (unpaired) electrons. The minimum atomic E-state index is 0.648. The number of hydrogen-bond donors (Lipinski definition) is 1. The van der Waals surface area contributed by atoms with Crippen molar-refractivity contribution in [2.45, 2.75) is 71.8 Å². The molecule has 2 saturated carbocycles. The van der Waals surface area contributed by atoms with E-state index in [2.05, 4.69) is 26.1 Å². The van der Waals surface area contributed by atoms with Crippen LogP contribution in [0.3, 0.4) is 0 Å². The van der Waals surface area contributed by atoms with Gasteiger partial charge in [0, 0.05) is 12.6 Å². The third-order valence-corrected chi connectivity index (χ3v) is 5.09. The van der Waals surface area contributed by atoms with Crippen LogP contribution in [0.15, 0.2) is 0 Å². The summed E-state index contributed by atoms with van der Waals surface area (Å²) in [4.78, 5) is 0.